The van der Waals surface area contributed by atoms with Crippen LogP contribution in [-0.2, 0) is 30.8 Å². The molecular formula is C33H34N4O4. The van der Waals surface area contributed by atoms with Crippen LogP contribution in [0, 0.1) is 5.41 Å². The first-order chi connectivity index (χ1) is 19.8. The summed E-state index contributed by atoms with van der Waals surface area (Å²) in [6.45, 7) is 6.65. The van der Waals surface area contributed by atoms with Crippen LogP contribution in [0.2, 0.25) is 0 Å². The summed E-state index contributed by atoms with van der Waals surface area (Å²) in [6.07, 6.45) is 2.93. The standard InChI is InChI=1S/C33H34N4O4/c1-5-26-27-18-25(41-21-24-8-6-7-17-34-24)13-15-29(27)37(30(26)19-33(2,3)32(38)39)20-22-9-11-23(12-10-22)28-14-16-31(40-4)36-35-28/h6-18H,5,19-21H2,1-4H3,(H,38,39). The van der Waals surface area contributed by atoms with Gasteiger partial charge in [0.2, 0.25) is 5.88 Å². The Morgan fingerprint density at radius 2 is 1.80 bits per heavy atom. The summed E-state index contributed by atoms with van der Waals surface area (Å²) in [5, 5.41) is 19.4. The number of aryl methyl sites for hydroxylation is 1. The zero-order chi connectivity index (χ0) is 29.0. The molecule has 0 saturated heterocycles. The lowest BCUT2D eigenvalue weighted by atomic mass is 9.86. The summed E-state index contributed by atoms with van der Waals surface area (Å²) in [5.41, 5.74) is 5.97. The van der Waals surface area contributed by atoms with Crippen molar-refractivity contribution in [3.63, 3.8) is 0 Å². The number of aromatic nitrogens is 4. The number of aliphatic carboxylic acids is 1. The van der Waals surface area contributed by atoms with Gasteiger partial charge in [-0.1, -0.05) is 37.3 Å². The molecule has 210 valence electrons. The SMILES string of the molecule is CCc1c(CC(C)(C)C(=O)O)n(Cc2ccc(-c3ccc(OC)nn3)cc2)c2ccc(OCc3ccccn3)cc12. The largest absolute Gasteiger partial charge is 0.487 e. The van der Waals surface area contributed by atoms with E-state index in [1.165, 1.54) is 0 Å². The number of carbonyl (C=O) groups is 1. The number of nitrogens with zero attached hydrogens (tertiary/aromatic N) is 4. The van der Waals surface area contributed by atoms with E-state index in [0.717, 1.165) is 56.8 Å². The summed E-state index contributed by atoms with van der Waals surface area (Å²) in [4.78, 5) is 16.5. The number of carboxylic acids is 1. The molecule has 5 aromatic rings. The van der Waals surface area contributed by atoms with E-state index < -0.39 is 11.4 Å². The van der Waals surface area contributed by atoms with Crippen molar-refractivity contribution in [1.29, 1.82) is 0 Å². The van der Waals surface area contributed by atoms with Gasteiger partial charge in [-0.2, -0.15) is 0 Å². The van der Waals surface area contributed by atoms with Gasteiger partial charge in [0.05, 0.1) is 23.9 Å². The first kappa shape index (κ1) is 27.8. The van der Waals surface area contributed by atoms with Crippen molar-refractivity contribution in [1.82, 2.24) is 19.7 Å². The third-order valence-corrected chi connectivity index (χ3v) is 7.35. The monoisotopic (exact) mass is 550 g/mol. The zero-order valence-electron chi connectivity index (χ0n) is 23.8. The number of pyridine rings is 1. The van der Waals surface area contributed by atoms with Crippen LogP contribution >= 0.6 is 0 Å². The van der Waals surface area contributed by atoms with Gasteiger partial charge in [-0.05, 0) is 67.8 Å². The Labute approximate surface area is 239 Å². The molecule has 0 spiro atoms. The molecule has 0 aliphatic heterocycles. The smallest absolute Gasteiger partial charge is 0.309 e. The molecule has 0 amide bonds. The molecule has 8 heteroatoms. The van der Waals surface area contributed by atoms with Crippen LogP contribution in [0.5, 0.6) is 11.6 Å². The van der Waals surface area contributed by atoms with E-state index in [2.05, 4.69) is 50.9 Å². The highest BCUT2D eigenvalue weighted by molar-refractivity contribution is 5.87. The van der Waals surface area contributed by atoms with Gasteiger partial charge in [0.15, 0.2) is 0 Å². The Hall–Kier alpha value is -4.72. The van der Waals surface area contributed by atoms with Crippen LogP contribution in [0.1, 0.15) is 43.3 Å². The Morgan fingerprint density at radius 3 is 2.44 bits per heavy atom. The number of ether oxygens (including phenoxy) is 2. The van der Waals surface area contributed by atoms with Crippen LogP contribution in [-0.4, -0.2) is 37.9 Å². The molecule has 0 aliphatic carbocycles. The van der Waals surface area contributed by atoms with Gasteiger partial charge in [-0.15, -0.1) is 10.2 Å². The minimum absolute atomic E-state index is 0.373. The molecule has 2 aromatic carbocycles. The van der Waals surface area contributed by atoms with E-state index >= 15 is 0 Å². The number of methoxy groups -OCH3 is 1. The lowest BCUT2D eigenvalue weighted by molar-refractivity contribution is -0.146. The molecule has 0 saturated carbocycles. The van der Waals surface area contributed by atoms with E-state index in [4.69, 9.17) is 9.47 Å². The summed E-state index contributed by atoms with van der Waals surface area (Å²) >= 11 is 0. The molecule has 0 aliphatic rings. The van der Waals surface area contributed by atoms with Gasteiger partial charge >= 0.3 is 5.97 Å². The molecule has 0 bridgehead atoms. The summed E-state index contributed by atoms with van der Waals surface area (Å²) in [5.74, 6) is 0.406. The van der Waals surface area contributed by atoms with Crippen molar-refractivity contribution in [2.24, 2.45) is 5.41 Å². The van der Waals surface area contributed by atoms with Crippen molar-refractivity contribution in [3.05, 3.63) is 102 Å². The quantitative estimate of drug-likeness (QED) is 0.205. The van der Waals surface area contributed by atoms with Crippen LogP contribution < -0.4 is 9.47 Å². The number of hydrogen-bond acceptors (Lipinski definition) is 6. The van der Waals surface area contributed by atoms with E-state index in [-0.39, 0.29) is 0 Å². The molecule has 3 aromatic heterocycles. The van der Waals surface area contributed by atoms with Crippen molar-refractivity contribution < 1.29 is 19.4 Å². The fourth-order valence-corrected chi connectivity index (χ4v) is 5.00. The first-order valence-corrected chi connectivity index (χ1v) is 13.7. The van der Waals surface area contributed by atoms with Gasteiger partial charge in [-0.3, -0.25) is 9.78 Å². The third-order valence-electron chi connectivity index (χ3n) is 7.35. The van der Waals surface area contributed by atoms with E-state index in [0.29, 0.717) is 25.5 Å². The minimum atomic E-state index is -0.925. The topological polar surface area (TPSA) is 99.4 Å². The minimum Gasteiger partial charge on any atom is -0.487 e. The van der Waals surface area contributed by atoms with Crippen molar-refractivity contribution in [2.75, 3.05) is 7.11 Å². The normalized spacial score (nSPS) is 11.5. The fourth-order valence-electron chi connectivity index (χ4n) is 5.00. The van der Waals surface area contributed by atoms with Crippen LogP contribution in [0.3, 0.4) is 0 Å². The maximum Gasteiger partial charge on any atom is 0.309 e. The number of benzene rings is 2. The molecule has 0 atom stereocenters. The zero-order valence-corrected chi connectivity index (χ0v) is 23.8. The average Bonchev–Trinajstić information content (AvgIpc) is 3.27. The molecule has 0 radical (unpaired) electrons. The molecule has 1 N–H and O–H groups in total. The predicted molar refractivity (Wildman–Crippen MR) is 158 cm³/mol. The molecular weight excluding hydrogens is 516 g/mol. The number of rotatable bonds is 11. The third kappa shape index (κ3) is 6.06. The average molecular weight is 551 g/mol. The Morgan fingerprint density at radius 1 is 1.00 bits per heavy atom. The summed E-state index contributed by atoms with van der Waals surface area (Å²) in [6, 6.07) is 23.8. The molecule has 5 rings (SSSR count). The van der Waals surface area contributed by atoms with Gasteiger partial charge in [0.1, 0.15) is 12.4 Å². The number of carboxylic acid groups (broad SMARTS) is 1. The van der Waals surface area contributed by atoms with Gasteiger partial charge in [-0.25, -0.2) is 0 Å². The molecule has 0 fully saturated rings. The predicted octanol–water partition coefficient (Wildman–Crippen LogP) is 6.34. The maximum absolute atomic E-state index is 12.1. The highest BCUT2D eigenvalue weighted by Gasteiger charge is 2.31. The summed E-state index contributed by atoms with van der Waals surface area (Å²) < 4.78 is 13.5. The van der Waals surface area contributed by atoms with E-state index in [9.17, 15) is 9.90 Å². The van der Waals surface area contributed by atoms with Gasteiger partial charge in [0, 0.05) is 47.4 Å². The van der Waals surface area contributed by atoms with Gasteiger partial charge in [0.25, 0.3) is 0 Å². The first-order valence-electron chi connectivity index (χ1n) is 13.7. The molecule has 8 nitrogen and oxygen atoms in total. The van der Waals surface area contributed by atoms with Gasteiger partial charge < -0.3 is 19.1 Å². The van der Waals surface area contributed by atoms with Crippen LogP contribution in [0.4, 0.5) is 0 Å². The van der Waals surface area contributed by atoms with Crippen LogP contribution in [0.15, 0.2) is 79.0 Å². The van der Waals surface area contributed by atoms with Crippen molar-refractivity contribution in [3.8, 4) is 22.9 Å². The Bertz CT molecular complexity index is 1640. The molecule has 0 unspecified atom stereocenters. The molecule has 41 heavy (non-hydrogen) atoms. The molecule has 3 heterocycles. The maximum atomic E-state index is 12.1. The highest BCUT2D eigenvalue weighted by atomic mass is 16.5. The second-order valence-corrected chi connectivity index (χ2v) is 10.7. The second-order valence-electron chi connectivity index (χ2n) is 10.7. The Balaban J connectivity index is 1.50. The van der Waals surface area contributed by atoms with Crippen LogP contribution in [0.25, 0.3) is 22.2 Å². The fraction of sp³-hybridized carbons (Fsp3) is 0.273. The van der Waals surface area contributed by atoms with Crippen molar-refractivity contribution >= 4 is 16.9 Å². The summed E-state index contributed by atoms with van der Waals surface area (Å²) in [7, 11) is 1.56. The van der Waals surface area contributed by atoms with E-state index in [1.807, 2.05) is 42.5 Å². The highest BCUT2D eigenvalue weighted by Crippen LogP contribution is 2.35. The number of fused-ring (bicyclic) bond motifs is 1. The van der Waals surface area contributed by atoms with E-state index in [1.54, 1.807) is 33.2 Å². The van der Waals surface area contributed by atoms with Crippen molar-refractivity contribution in [2.45, 2.75) is 46.8 Å². The lowest BCUT2D eigenvalue weighted by Gasteiger charge is -2.22. The number of hydrogen-bond donors (Lipinski definition) is 1. The lowest BCUT2D eigenvalue weighted by Crippen LogP contribution is -2.28. The Kier molecular flexibility index (Phi) is 8.01. The second kappa shape index (κ2) is 11.8.